The summed E-state index contributed by atoms with van der Waals surface area (Å²) < 4.78 is 13.6. The van der Waals surface area contributed by atoms with Crippen molar-refractivity contribution in [1.29, 1.82) is 0 Å². The van der Waals surface area contributed by atoms with Crippen LogP contribution in [0.4, 0.5) is 0 Å². The number of carbonyl (C=O) groups is 1. The fraction of sp³-hybridized carbons (Fsp3) is 0.650. The number of amides is 1. The lowest BCUT2D eigenvalue weighted by molar-refractivity contribution is -0.133. The van der Waals surface area contributed by atoms with Crippen molar-refractivity contribution in [3.05, 3.63) is 34.3 Å². The predicted octanol–water partition coefficient (Wildman–Crippen LogP) is 4.42. The minimum atomic E-state index is -0.559. The molecule has 2 fully saturated rings. The van der Waals surface area contributed by atoms with Crippen molar-refractivity contribution in [3.63, 3.8) is 0 Å². The smallest absolute Gasteiger partial charge is 0.403 e. The number of hydrogen-bond donors (Lipinski definition) is 0. The third-order valence-electron chi connectivity index (χ3n) is 6.39. The second-order valence-corrected chi connectivity index (χ2v) is 9.31. The van der Waals surface area contributed by atoms with Gasteiger partial charge in [0.1, 0.15) is 0 Å². The molecule has 0 spiro atoms. The summed E-state index contributed by atoms with van der Waals surface area (Å²) >= 11 is 3.55. The van der Waals surface area contributed by atoms with Gasteiger partial charge in [-0.3, -0.25) is 4.79 Å². The average molecular weight is 422 g/mol. The second kappa shape index (κ2) is 6.64. The maximum absolute atomic E-state index is 13.5. The molecule has 1 amide bonds. The fourth-order valence-corrected chi connectivity index (χ4v) is 4.33. The van der Waals surface area contributed by atoms with Gasteiger partial charge >= 0.3 is 7.12 Å². The topological polar surface area (TPSA) is 38.8 Å². The maximum atomic E-state index is 13.5. The summed E-state index contributed by atoms with van der Waals surface area (Å²) in [5, 5.41) is 0. The SMILES string of the molecule is CCN(CC)C(=O)[C@@]1(c2cccc(Br)c2)C[C@H]1B1OC(C)(C)C(C)(C)O1. The van der Waals surface area contributed by atoms with Crippen molar-refractivity contribution < 1.29 is 14.1 Å². The van der Waals surface area contributed by atoms with Crippen LogP contribution in [0, 0.1) is 0 Å². The van der Waals surface area contributed by atoms with Crippen LogP contribution in [0.2, 0.25) is 5.82 Å². The normalized spacial score (nSPS) is 28.9. The number of nitrogens with zero attached hydrogens (tertiary/aromatic N) is 1. The minimum absolute atomic E-state index is 0.0333. The first kappa shape index (κ1) is 19.9. The van der Waals surface area contributed by atoms with Crippen LogP contribution < -0.4 is 0 Å². The first-order valence-electron chi connectivity index (χ1n) is 9.50. The molecule has 26 heavy (non-hydrogen) atoms. The number of halogens is 1. The van der Waals surface area contributed by atoms with Crippen molar-refractivity contribution >= 4 is 29.0 Å². The van der Waals surface area contributed by atoms with Gasteiger partial charge in [0.15, 0.2) is 0 Å². The third-order valence-corrected chi connectivity index (χ3v) is 6.88. The number of likely N-dealkylation sites (N-methyl/N-ethyl adjacent to an activating group) is 1. The van der Waals surface area contributed by atoms with E-state index in [0.717, 1.165) is 16.5 Å². The van der Waals surface area contributed by atoms with Crippen molar-refractivity contribution in [2.24, 2.45) is 0 Å². The zero-order chi connectivity index (χ0) is 19.3. The molecular weight excluding hydrogens is 393 g/mol. The molecule has 1 aromatic rings. The second-order valence-electron chi connectivity index (χ2n) is 8.39. The summed E-state index contributed by atoms with van der Waals surface area (Å²) in [5.74, 6) is 0.214. The van der Waals surface area contributed by atoms with Gasteiger partial charge in [-0.15, -0.1) is 0 Å². The molecule has 142 valence electrons. The Balaban J connectivity index is 1.97. The molecule has 0 aromatic heterocycles. The highest BCUT2D eigenvalue weighted by molar-refractivity contribution is 9.10. The van der Waals surface area contributed by atoms with Crippen molar-refractivity contribution in [2.45, 2.75) is 70.4 Å². The number of hydrogen-bond acceptors (Lipinski definition) is 3. The Bertz CT molecular complexity index is 688. The summed E-state index contributed by atoms with van der Waals surface area (Å²) in [6.07, 6.45) is 0.760. The van der Waals surface area contributed by atoms with E-state index in [-0.39, 0.29) is 30.0 Å². The molecular formula is C20H29BBrNO3. The zero-order valence-corrected chi connectivity index (χ0v) is 18.2. The predicted molar refractivity (Wildman–Crippen MR) is 108 cm³/mol. The van der Waals surface area contributed by atoms with Crippen molar-refractivity contribution in [2.75, 3.05) is 13.1 Å². The fourth-order valence-electron chi connectivity index (χ4n) is 3.93. The van der Waals surface area contributed by atoms with Gasteiger partial charge in [0.2, 0.25) is 5.91 Å². The largest absolute Gasteiger partial charge is 0.462 e. The van der Waals surface area contributed by atoms with Crippen LogP contribution in [0.15, 0.2) is 28.7 Å². The molecule has 1 aliphatic carbocycles. The lowest BCUT2D eigenvalue weighted by atomic mass is 9.74. The average Bonchev–Trinajstić information content (AvgIpc) is 3.27. The highest BCUT2D eigenvalue weighted by atomic mass is 79.9. The first-order valence-corrected chi connectivity index (χ1v) is 10.3. The molecule has 6 heteroatoms. The Morgan fingerprint density at radius 1 is 1.19 bits per heavy atom. The molecule has 0 unspecified atom stereocenters. The van der Waals surface area contributed by atoms with Crippen molar-refractivity contribution in [3.8, 4) is 0 Å². The molecule has 1 aromatic carbocycles. The van der Waals surface area contributed by atoms with Crippen LogP contribution in [-0.4, -0.2) is 42.2 Å². The maximum Gasteiger partial charge on any atom is 0.462 e. The highest BCUT2D eigenvalue weighted by Gasteiger charge is 2.71. The molecule has 0 N–H and O–H groups in total. The van der Waals surface area contributed by atoms with E-state index >= 15 is 0 Å². The lowest BCUT2D eigenvalue weighted by Crippen LogP contribution is -2.41. The van der Waals surface area contributed by atoms with Crippen LogP contribution in [0.25, 0.3) is 0 Å². The standard InChI is InChI=1S/C20H29BBrNO3/c1-7-23(8-2)17(24)20(14-10-9-11-15(22)12-14)13-16(20)21-25-18(3,4)19(5,6)26-21/h9-12,16H,7-8,13H2,1-6H3/t16-,20-/m1/s1. The Kier molecular flexibility index (Phi) is 5.09. The highest BCUT2D eigenvalue weighted by Crippen LogP contribution is 2.64. The quantitative estimate of drug-likeness (QED) is 0.660. The Morgan fingerprint density at radius 3 is 2.27 bits per heavy atom. The van der Waals surface area contributed by atoms with Crippen LogP contribution in [0.5, 0.6) is 0 Å². The van der Waals surface area contributed by atoms with E-state index in [1.54, 1.807) is 0 Å². The van der Waals surface area contributed by atoms with Crippen LogP contribution >= 0.6 is 15.9 Å². The van der Waals surface area contributed by atoms with E-state index in [4.69, 9.17) is 9.31 Å². The minimum Gasteiger partial charge on any atom is -0.403 e. The van der Waals surface area contributed by atoms with Crippen LogP contribution in [0.1, 0.15) is 53.5 Å². The molecule has 1 saturated carbocycles. The van der Waals surface area contributed by atoms with Gasteiger partial charge in [0.05, 0.1) is 16.6 Å². The molecule has 0 radical (unpaired) electrons. The molecule has 3 rings (SSSR count). The number of benzene rings is 1. The molecule has 4 nitrogen and oxygen atoms in total. The van der Waals surface area contributed by atoms with Gasteiger partial charge < -0.3 is 14.2 Å². The third kappa shape index (κ3) is 3.04. The summed E-state index contributed by atoms with van der Waals surface area (Å²) in [6.45, 7) is 13.7. The Morgan fingerprint density at radius 2 is 1.77 bits per heavy atom. The van der Waals surface area contributed by atoms with Gasteiger partial charge in [-0.2, -0.15) is 0 Å². The monoisotopic (exact) mass is 421 g/mol. The Hall–Kier alpha value is -0.845. The van der Waals surface area contributed by atoms with E-state index < -0.39 is 5.41 Å². The molecule has 2 aliphatic rings. The molecule has 1 aliphatic heterocycles. The summed E-state index contributed by atoms with van der Waals surface area (Å²) in [4.78, 5) is 15.4. The van der Waals surface area contributed by atoms with Crippen molar-refractivity contribution in [1.82, 2.24) is 4.90 Å². The lowest BCUT2D eigenvalue weighted by Gasteiger charge is -2.32. The molecule has 1 saturated heterocycles. The zero-order valence-electron chi connectivity index (χ0n) is 16.6. The summed E-state index contributed by atoms with van der Waals surface area (Å²) in [5.41, 5.74) is -0.288. The van der Waals surface area contributed by atoms with Gasteiger partial charge in [-0.05, 0) is 65.7 Å². The van der Waals surface area contributed by atoms with Gasteiger partial charge in [0.25, 0.3) is 0 Å². The van der Waals surface area contributed by atoms with E-state index in [9.17, 15) is 4.79 Å². The van der Waals surface area contributed by atoms with Crippen LogP contribution in [-0.2, 0) is 19.5 Å². The number of carbonyl (C=O) groups excluding carboxylic acids is 1. The molecule has 1 heterocycles. The number of rotatable bonds is 5. The van der Waals surface area contributed by atoms with E-state index in [1.165, 1.54) is 0 Å². The summed E-state index contributed by atoms with van der Waals surface area (Å²) in [7, 11) is -0.363. The Labute approximate surface area is 165 Å². The van der Waals surface area contributed by atoms with E-state index in [1.807, 2.05) is 30.9 Å². The molecule has 0 bridgehead atoms. The van der Waals surface area contributed by atoms with Gasteiger partial charge in [-0.25, -0.2) is 0 Å². The van der Waals surface area contributed by atoms with E-state index in [0.29, 0.717) is 13.1 Å². The van der Waals surface area contributed by atoms with Crippen LogP contribution in [0.3, 0.4) is 0 Å². The van der Waals surface area contributed by atoms with E-state index in [2.05, 4.69) is 55.8 Å². The first-order chi connectivity index (χ1) is 12.1. The molecule has 2 atom stereocenters. The summed E-state index contributed by atoms with van der Waals surface area (Å²) in [6, 6.07) is 8.10. The van der Waals surface area contributed by atoms with Gasteiger partial charge in [0, 0.05) is 23.4 Å². The van der Waals surface area contributed by atoms with Gasteiger partial charge in [-0.1, -0.05) is 28.1 Å².